The summed E-state index contributed by atoms with van der Waals surface area (Å²) in [4.78, 5) is 11.3. The van der Waals surface area contributed by atoms with E-state index in [1.807, 2.05) is 24.3 Å². The summed E-state index contributed by atoms with van der Waals surface area (Å²) in [6, 6.07) is 24.1. The molecule has 1 radical (unpaired) electrons. The molecule has 0 aliphatic carbocycles. The molecule has 1 fully saturated rings. The molecule has 0 saturated carbocycles. The zero-order chi connectivity index (χ0) is 20.2. The summed E-state index contributed by atoms with van der Waals surface area (Å²) in [5.41, 5.74) is 4.62. The topological polar surface area (TPSA) is 55.1 Å². The van der Waals surface area contributed by atoms with Crippen LogP contribution in [-0.2, 0) is 6.54 Å². The Kier molecular flexibility index (Phi) is 5.36. The highest BCUT2D eigenvalue weighted by atomic mass is 16.5. The molecule has 5 heteroatoms. The minimum absolute atomic E-state index is 0.315. The smallest absolute Gasteiger partial charge is 0.230 e. The van der Waals surface area contributed by atoms with Crippen molar-refractivity contribution >= 4 is 0 Å². The molecular formula is C25H23N4O. The van der Waals surface area contributed by atoms with Crippen LogP contribution in [0.4, 0.5) is 0 Å². The lowest BCUT2D eigenvalue weighted by Crippen LogP contribution is -2.32. The molecule has 2 aromatic heterocycles. The van der Waals surface area contributed by atoms with Gasteiger partial charge in [0.2, 0.25) is 11.7 Å². The number of pyridine rings is 1. The molecule has 0 bridgehead atoms. The molecule has 1 aliphatic heterocycles. The van der Waals surface area contributed by atoms with Gasteiger partial charge in [-0.1, -0.05) is 53.7 Å². The minimum Gasteiger partial charge on any atom is -0.339 e. The number of nitrogens with zero attached hydrogens (tertiary/aromatic N) is 4. The standard InChI is InChI=1S/C25H23N4O/c1-2-7-19(8-3-1)23-11-5-4-9-22(23)18-29-15-12-20(13-16-29)25-27-24(28-30-25)21-10-6-14-26-17-21/h1-10,14,17,20H,12-13,15-16,18H2. The molecular weight excluding hydrogens is 372 g/mol. The van der Waals surface area contributed by atoms with Crippen LogP contribution in [0.15, 0.2) is 77.6 Å². The quantitative estimate of drug-likeness (QED) is 0.477. The lowest BCUT2D eigenvalue weighted by Gasteiger charge is -2.30. The minimum atomic E-state index is 0.315. The second kappa shape index (κ2) is 8.59. The number of hydrogen-bond donors (Lipinski definition) is 0. The Morgan fingerprint density at radius 2 is 1.80 bits per heavy atom. The van der Waals surface area contributed by atoms with Gasteiger partial charge >= 0.3 is 0 Å². The van der Waals surface area contributed by atoms with Crippen LogP contribution in [0.1, 0.15) is 30.2 Å². The van der Waals surface area contributed by atoms with Crippen LogP contribution in [-0.4, -0.2) is 33.1 Å². The first-order valence-electron chi connectivity index (χ1n) is 10.4. The maximum absolute atomic E-state index is 5.58. The van der Waals surface area contributed by atoms with Gasteiger partial charge in [-0.05, 0) is 60.8 Å². The molecule has 5 rings (SSSR count). The van der Waals surface area contributed by atoms with Crippen molar-refractivity contribution in [2.24, 2.45) is 0 Å². The fourth-order valence-corrected chi connectivity index (χ4v) is 4.07. The lowest BCUT2D eigenvalue weighted by molar-refractivity contribution is 0.188. The summed E-state index contributed by atoms with van der Waals surface area (Å²) < 4.78 is 5.58. The van der Waals surface area contributed by atoms with E-state index in [0.717, 1.165) is 43.9 Å². The normalized spacial score (nSPS) is 15.3. The van der Waals surface area contributed by atoms with Crippen LogP contribution in [0.25, 0.3) is 22.5 Å². The van der Waals surface area contributed by atoms with Crippen molar-refractivity contribution in [2.45, 2.75) is 25.3 Å². The molecule has 1 saturated heterocycles. The van der Waals surface area contributed by atoms with Crippen LogP contribution in [0.3, 0.4) is 0 Å². The summed E-state index contributed by atoms with van der Waals surface area (Å²) in [5.74, 6) is 1.68. The molecule has 3 heterocycles. The third-order valence-corrected chi connectivity index (χ3v) is 5.70. The number of aromatic nitrogens is 3. The van der Waals surface area contributed by atoms with Crippen molar-refractivity contribution in [3.05, 3.63) is 90.6 Å². The maximum atomic E-state index is 5.58. The molecule has 5 nitrogen and oxygen atoms in total. The van der Waals surface area contributed by atoms with E-state index in [9.17, 15) is 0 Å². The molecule has 0 N–H and O–H groups in total. The van der Waals surface area contributed by atoms with Crippen LogP contribution in [0.2, 0.25) is 0 Å². The zero-order valence-corrected chi connectivity index (χ0v) is 16.7. The van der Waals surface area contributed by atoms with E-state index < -0.39 is 0 Å². The van der Waals surface area contributed by atoms with Crippen LogP contribution in [0.5, 0.6) is 0 Å². The third-order valence-electron chi connectivity index (χ3n) is 5.70. The van der Waals surface area contributed by atoms with E-state index in [1.54, 1.807) is 12.4 Å². The van der Waals surface area contributed by atoms with Gasteiger partial charge in [-0.25, -0.2) is 0 Å². The lowest BCUT2D eigenvalue weighted by atomic mass is 9.95. The molecule has 149 valence electrons. The zero-order valence-electron chi connectivity index (χ0n) is 16.7. The van der Waals surface area contributed by atoms with Crippen LogP contribution >= 0.6 is 0 Å². The van der Waals surface area contributed by atoms with Crippen molar-refractivity contribution in [1.82, 2.24) is 20.0 Å². The maximum Gasteiger partial charge on any atom is 0.230 e. The SMILES string of the molecule is [c]1cccc(CN2CCC(c3nc(-c4cccnc4)no3)CC2)c1-c1ccccc1. The summed E-state index contributed by atoms with van der Waals surface area (Å²) in [6.07, 6.45) is 5.55. The largest absolute Gasteiger partial charge is 0.339 e. The molecule has 0 amide bonds. The highest BCUT2D eigenvalue weighted by Gasteiger charge is 2.26. The van der Waals surface area contributed by atoms with Crippen molar-refractivity contribution in [3.63, 3.8) is 0 Å². The number of piperidine rings is 1. The number of likely N-dealkylation sites (tertiary alicyclic amines) is 1. The Morgan fingerprint density at radius 1 is 0.967 bits per heavy atom. The molecule has 0 spiro atoms. The van der Waals surface area contributed by atoms with Crippen LogP contribution < -0.4 is 0 Å². The summed E-state index contributed by atoms with van der Waals surface area (Å²) >= 11 is 0. The van der Waals surface area contributed by atoms with E-state index in [4.69, 9.17) is 4.52 Å². The Morgan fingerprint density at radius 3 is 2.60 bits per heavy atom. The first-order chi connectivity index (χ1) is 14.9. The van der Waals surface area contributed by atoms with Gasteiger partial charge in [-0.15, -0.1) is 0 Å². The van der Waals surface area contributed by atoms with Gasteiger partial charge in [0.25, 0.3) is 0 Å². The third kappa shape index (κ3) is 4.02. The van der Waals surface area contributed by atoms with Gasteiger partial charge in [0.05, 0.1) is 0 Å². The molecule has 1 aliphatic rings. The number of benzene rings is 2. The van der Waals surface area contributed by atoms with Crippen molar-refractivity contribution < 1.29 is 4.52 Å². The first-order valence-corrected chi connectivity index (χ1v) is 10.4. The van der Waals surface area contributed by atoms with Crippen molar-refractivity contribution in [1.29, 1.82) is 0 Å². The van der Waals surface area contributed by atoms with Gasteiger partial charge < -0.3 is 4.52 Å². The summed E-state index contributed by atoms with van der Waals surface area (Å²) in [5, 5.41) is 4.15. The Bertz CT molecular complexity index is 1090. The van der Waals surface area contributed by atoms with E-state index >= 15 is 0 Å². The van der Waals surface area contributed by atoms with Crippen molar-refractivity contribution in [3.8, 4) is 22.5 Å². The monoisotopic (exact) mass is 395 g/mol. The van der Waals surface area contributed by atoms with E-state index in [-0.39, 0.29) is 0 Å². The average molecular weight is 395 g/mol. The Hall–Kier alpha value is -3.31. The highest BCUT2D eigenvalue weighted by Crippen LogP contribution is 2.30. The molecule has 4 aromatic rings. The first kappa shape index (κ1) is 18.7. The second-order valence-electron chi connectivity index (χ2n) is 7.68. The van der Waals surface area contributed by atoms with E-state index in [1.165, 1.54) is 16.7 Å². The van der Waals surface area contributed by atoms with E-state index in [0.29, 0.717) is 11.7 Å². The van der Waals surface area contributed by atoms with Gasteiger partial charge in [-0.3, -0.25) is 9.88 Å². The van der Waals surface area contributed by atoms with Gasteiger partial charge in [0.1, 0.15) is 0 Å². The highest BCUT2D eigenvalue weighted by molar-refractivity contribution is 5.66. The van der Waals surface area contributed by atoms with Crippen molar-refractivity contribution in [2.75, 3.05) is 13.1 Å². The summed E-state index contributed by atoms with van der Waals surface area (Å²) in [7, 11) is 0. The molecule has 30 heavy (non-hydrogen) atoms. The predicted octanol–water partition coefficient (Wildman–Crippen LogP) is 4.98. The molecule has 0 unspecified atom stereocenters. The molecule has 0 atom stereocenters. The van der Waals surface area contributed by atoms with Gasteiger partial charge in [-0.2, -0.15) is 4.98 Å². The Balaban J connectivity index is 1.24. The predicted molar refractivity (Wildman–Crippen MR) is 115 cm³/mol. The number of hydrogen-bond acceptors (Lipinski definition) is 5. The van der Waals surface area contributed by atoms with E-state index in [2.05, 4.69) is 62.5 Å². The Labute approximate surface area is 176 Å². The fourth-order valence-electron chi connectivity index (χ4n) is 4.07. The fraction of sp³-hybridized carbons (Fsp3) is 0.240. The summed E-state index contributed by atoms with van der Waals surface area (Å²) in [6.45, 7) is 2.95. The van der Waals surface area contributed by atoms with Crippen LogP contribution in [0, 0.1) is 6.07 Å². The average Bonchev–Trinajstić information content (AvgIpc) is 3.32. The second-order valence-corrected chi connectivity index (χ2v) is 7.68. The molecule has 2 aromatic carbocycles. The van der Waals surface area contributed by atoms with Gasteiger partial charge in [0.15, 0.2) is 0 Å². The number of rotatable bonds is 5. The van der Waals surface area contributed by atoms with Gasteiger partial charge in [0, 0.05) is 30.4 Å².